The van der Waals surface area contributed by atoms with E-state index in [0.717, 1.165) is 5.56 Å². The lowest BCUT2D eigenvalue weighted by Crippen LogP contribution is -2.15. The molecule has 0 amide bonds. The Morgan fingerprint density at radius 3 is 2.83 bits per heavy atom. The molecule has 0 radical (unpaired) electrons. The third-order valence-corrected chi connectivity index (χ3v) is 4.03. The summed E-state index contributed by atoms with van der Waals surface area (Å²) in [6.07, 6.45) is 3.85. The van der Waals surface area contributed by atoms with E-state index in [4.69, 9.17) is 30.3 Å². The van der Waals surface area contributed by atoms with Crippen LogP contribution in [0.5, 0.6) is 11.5 Å². The Bertz CT molecular complexity index is 1020. The standard InChI is InChI=1S/C21H19ClN2O5/c1-3-5-14-8-9-17(18(10-14)26-2)27-13-20(25)28-12-19-23-21(24-29-19)15-6-4-7-16(22)11-15/h3-11H,12-13H2,1-2H3/b5-3+. The van der Waals surface area contributed by atoms with Gasteiger partial charge in [-0.1, -0.05) is 47.1 Å². The fourth-order valence-corrected chi connectivity index (χ4v) is 2.67. The van der Waals surface area contributed by atoms with E-state index < -0.39 is 5.97 Å². The van der Waals surface area contributed by atoms with Crippen molar-refractivity contribution in [2.75, 3.05) is 13.7 Å². The minimum absolute atomic E-state index is 0.160. The maximum atomic E-state index is 12.0. The number of nitrogens with zero attached hydrogens (tertiary/aromatic N) is 2. The van der Waals surface area contributed by atoms with Gasteiger partial charge in [0.15, 0.2) is 24.7 Å². The van der Waals surface area contributed by atoms with Crippen LogP contribution in [0.4, 0.5) is 0 Å². The fourth-order valence-electron chi connectivity index (χ4n) is 2.48. The lowest BCUT2D eigenvalue weighted by molar-refractivity contribution is -0.148. The number of hydrogen-bond donors (Lipinski definition) is 0. The van der Waals surface area contributed by atoms with E-state index in [2.05, 4.69) is 10.1 Å². The van der Waals surface area contributed by atoms with Crippen molar-refractivity contribution in [1.82, 2.24) is 10.1 Å². The highest BCUT2D eigenvalue weighted by molar-refractivity contribution is 6.30. The molecule has 3 aromatic rings. The molecule has 0 atom stereocenters. The third kappa shape index (κ3) is 5.58. The number of hydrogen-bond acceptors (Lipinski definition) is 7. The molecule has 8 heteroatoms. The van der Waals surface area contributed by atoms with E-state index in [1.807, 2.05) is 31.2 Å². The first-order valence-corrected chi connectivity index (χ1v) is 9.14. The molecule has 0 saturated carbocycles. The second-order valence-corrected chi connectivity index (χ2v) is 6.32. The number of allylic oxidation sites excluding steroid dienone is 1. The van der Waals surface area contributed by atoms with Crippen molar-refractivity contribution in [3.8, 4) is 22.9 Å². The monoisotopic (exact) mass is 414 g/mol. The number of methoxy groups -OCH3 is 1. The highest BCUT2D eigenvalue weighted by Gasteiger charge is 2.13. The largest absolute Gasteiger partial charge is 0.493 e. The summed E-state index contributed by atoms with van der Waals surface area (Å²) in [7, 11) is 1.53. The minimum Gasteiger partial charge on any atom is -0.493 e. The van der Waals surface area contributed by atoms with Crippen LogP contribution in [0.2, 0.25) is 5.02 Å². The number of esters is 1. The number of rotatable bonds is 8. The molecule has 0 aliphatic carbocycles. The molecule has 0 N–H and O–H groups in total. The molecule has 0 saturated heterocycles. The summed E-state index contributed by atoms with van der Waals surface area (Å²) in [6, 6.07) is 12.5. The third-order valence-electron chi connectivity index (χ3n) is 3.80. The van der Waals surface area contributed by atoms with Gasteiger partial charge < -0.3 is 18.7 Å². The zero-order chi connectivity index (χ0) is 20.6. The van der Waals surface area contributed by atoms with Gasteiger partial charge in [0.2, 0.25) is 5.82 Å². The van der Waals surface area contributed by atoms with Gasteiger partial charge in [0.25, 0.3) is 5.89 Å². The summed E-state index contributed by atoms with van der Waals surface area (Å²) in [6.45, 7) is 1.48. The van der Waals surface area contributed by atoms with Gasteiger partial charge in [-0.3, -0.25) is 0 Å². The molecule has 0 aliphatic rings. The molecule has 0 unspecified atom stereocenters. The van der Waals surface area contributed by atoms with Crippen molar-refractivity contribution in [1.29, 1.82) is 0 Å². The van der Waals surface area contributed by atoms with Crippen molar-refractivity contribution < 1.29 is 23.5 Å². The topological polar surface area (TPSA) is 83.7 Å². The van der Waals surface area contributed by atoms with Gasteiger partial charge in [-0.15, -0.1) is 0 Å². The quantitative estimate of drug-likeness (QED) is 0.500. The first-order chi connectivity index (χ1) is 14.1. The summed E-state index contributed by atoms with van der Waals surface area (Å²) >= 11 is 5.95. The van der Waals surface area contributed by atoms with Gasteiger partial charge in [-0.2, -0.15) is 4.98 Å². The van der Waals surface area contributed by atoms with Crippen molar-refractivity contribution in [2.24, 2.45) is 0 Å². The number of ether oxygens (including phenoxy) is 3. The Labute approximate surface area is 172 Å². The maximum absolute atomic E-state index is 12.0. The van der Waals surface area contributed by atoms with Crippen LogP contribution < -0.4 is 9.47 Å². The van der Waals surface area contributed by atoms with Crippen LogP contribution in [0, 0.1) is 0 Å². The number of carbonyl (C=O) groups is 1. The average Bonchev–Trinajstić information content (AvgIpc) is 3.20. The van der Waals surface area contributed by atoms with Crippen molar-refractivity contribution in [2.45, 2.75) is 13.5 Å². The van der Waals surface area contributed by atoms with E-state index in [9.17, 15) is 4.79 Å². The summed E-state index contributed by atoms with van der Waals surface area (Å²) in [4.78, 5) is 16.2. The van der Waals surface area contributed by atoms with Gasteiger partial charge >= 0.3 is 5.97 Å². The molecular formula is C21H19ClN2O5. The first-order valence-electron chi connectivity index (χ1n) is 8.76. The molecule has 0 fully saturated rings. The number of benzene rings is 2. The zero-order valence-electron chi connectivity index (χ0n) is 15.9. The van der Waals surface area contributed by atoms with E-state index in [-0.39, 0.29) is 19.1 Å². The molecule has 150 valence electrons. The second kappa shape index (κ2) is 9.75. The Hall–Kier alpha value is -3.32. The summed E-state index contributed by atoms with van der Waals surface area (Å²) in [5, 5.41) is 4.42. The maximum Gasteiger partial charge on any atom is 0.344 e. The number of aromatic nitrogens is 2. The van der Waals surface area contributed by atoms with E-state index in [1.165, 1.54) is 7.11 Å². The molecular weight excluding hydrogens is 396 g/mol. The first kappa shape index (κ1) is 20.4. The van der Waals surface area contributed by atoms with Crippen molar-refractivity contribution in [3.05, 3.63) is 65.0 Å². The Morgan fingerprint density at radius 2 is 2.07 bits per heavy atom. The second-order valence-electron chi connectivity index (χ2n) is 5.88. The van der Waals surface area contributed by atoms with Crippen LogP contribution in [0.3, 0.4) is 0 Å². The van der Waals surface area contributed by atoms with Gasteiger partial charge in [0.1, 0.15) is 0 Å². The molecule has 0 aliphatic heterocycles. The molecule has 29 heavy (non-hydrogen) atoms. The average molecular weight is 415 g/mol. The van der Waals surface area contributed by atoms with E-state index in [1.54, 1.807) is 30.3 Å². The molecule has 7 nitrogen and oxygen atoms in total. The summed E-state index contributed by atoms with van der Waals surface area (Å²) in [5.74, 6) is 0.921. The predicted octanol–water partition coefficient (Wildman–Crippen LogP) is 4.55. The number of halogens is 1. The van der Waals surface area contributed by atoms with Crippen LogP contribution >= 0.6 is 11.6 Å². The molecule has 2 aromatic carbocycles. The Kier molecular flexibility index (Phi) is 6.86. The van der Waals surface area contributed by atoms with Gasteiger partial charge in [-0.25, -0.2) is 4.79 Å². The number of carbonyl (C=O) groups excluding carboxylic acids is 1. The zero-order valence-corrected chi connectivity index (χ0v) is 16.7. The highest BCUT2D eigenvalue weighted by Crippen LogP contribution is 2.28. The SMILES string of the molecule is C/C=C/c1ccc(OCC(=O)OCc2nc(-c3cccc(Cl)c3)no2)c(OC)c1. The molecule has 1 heterocycles. The lowest BCUT2D eigenvalue weighted by atomic mass is 10.2. The van der Waals surface area contributed by atoms with Gasteiger partial charge in [-0.05, 0) is 36.8 Å². The van der Waals surface area contributed by atoms with Crippen LogP contribution in [-0.4, -0.2) is 29.8 Å². The van der Waals surface area contributed by atoms with Crippen molar-refractivity contribution in [3.63, 3.8) is 0 Å². The molecule has 0 spiro atoms. The highest BCUT2D eigenvalue weighted by atomic mass is 35.5. The van der Waals surface area contributed by atoms with Crippen LogP contribution in [0.1, 0.15) is 18.4 Å². The van der Waals surface area contributed by atoms with E-state index in [0.29, 0.717) is 27.9 Å². The van der Waals surface area contributed by atoms with Crippen LogP contribution in [0.15, 0.2) is 53.1 Å². The van der Waals surface area contributed by atoms with Crippen LogP contribution in [0.25, 0.3) is 17.5 Å². The minimum atomic E-state index is -0.577. The molecule has 3 rings (SSSR count). The Balaban J connectivity index is 1.53. The normalized spacial score (nSPS) is 10.9. The Morgan fingerprint density at radius 1 is 1.21 bits per heavy atom. The predicted molar refractivity (Wildman–Crippen MR) is 108 cm³/mol. The fraction of sp³-hybridized carbons (Fsp3) is 0.190. The summed E-state index contributed by atoms with van der Waals surface area (Å²) < 4.78 is 21.0. The van der Waals surface area contributed by atoms with E-state index >= 15 is 0 Å². The van der Waals surface area contributed by atoms with Gasteiger partial charge in [0, 0.05) is 10.6 Å². The van der Waals surface area contributed by atoms with Crippen molar-refractivity contribution >= 4 is 23.6 Å². The molecule has 1 aromatic heterocycles. The molecule has 0 bridgehead atoms. The smallest absolute Gasteiger partial charge is 0.344 e. The summed E-state index contributed by atoms with van der Waals surface area (Å²) in [5.41, 5.74) is 1.67. The van der Waals surface area contributed by atoms with Crippen LogP contribution in [-0.2, 0) is 16.1 Å². The van der Waals surface area contributed by atoms with Gasteiger partial charge in [0.05, 0.1) is 7.11 Å². The lowest BCUT2D eigenvalue weighted by Gasteiger charge is -2.10.